The molecule has 1 unspecified atom stereocenters. The third kappa shape index (κ3) is 4.71. The number of piperidine rings is 1. The average molecular weight is 315 g/mol. The fraction of sp³-hybridized carbons (Fsp3) is 0.632. The fourth-order valence-electron chi connectivity index (χ4n) is 3.57. The largest absolute Gasteiger partial charge is 0.371 e. The van der Waals surface area contributed by atoms with Crippen molar-refractivity contribution in [1.82, 2.24) is 5.32 Å². The van der Waals surface area contributed by atoms with Gasteiger partial charge in [-0.05, 0) is 68.8 Å². The van der Waals surface area contributed by atoms with E-state index in [1.54, 1.807) is 0 Å². The maximum absolute atomic E-state index is 12.2. The molecule has 4 heteroatoms. The predicted octanol–water partition coefficient (Wildman–Crippen LogP) is 3.25. The van der Waals surface area contributed by atoms with Crippen molar-refractivity contribution in [3.63, 3.8) is 0 Å². The molecule has 1 amide bonds. The molecule has 3 rings (SSSR count). The number of anilines is 2. The second-order valence-electron chi connectivity index (χ2n) is 7.17. The van der Waals surface area contributed by atoms with E-state index < -0.39 is 0 Å². The van der Waals surface area contributed by atoms with Crippen molar-refractivity contribution in [3.8, 4) is 0 Å². The Bertz CT molecular complexity index is 517. The Balaban J connectivity index is 1.51. The van der Waals surface area contributed by atoms with E-state index in [1.165, 1.54) is 24.9 Å². The number of carbonyl (C=O) groups excluding carboxylic acids is 1. The lowest BCUT2D eigenvalue weighted by Gasteiger charge is -2.32. The maximum atomic E-state index is 12.2. The van der Waals surface area contributed by atoms with E-state index in [9.17, 15) is 4.79 Å². The molecule has 2 heterocycles. The third-order valence-electron chi connectivity index (χ3n) is 5.22. The van der Waals surface area contributed by atoms with Crippen LogP contribution < -0.4 is 15.5 Å². The second-order valence-corrected chi connectivity index (χ2v) is 7.17. The summed E-state index contributed by atoms with van der Waals surface area (Å²) in [5.74, 6) is 1.64. The van der Waals surface area contributed by atoms with Gasteiger partial charge < -0.3 is 15.5 Å². The molecule has 1 aromatic carbocycles. The van der Waals surface area contributed by atoms with Gasteiger partial charge in [0.05, 0.1) is 0 Å². The van der Waals surface area contributed by atoms with E-state index in [4.69, 9.17) is 0 Å². The van der Waals surface area contributed by atoms with Crippen molar-refractivity contribution in [2.45, 2.75) is 39.0 Å². The van der Waals surface area contributed by atoms with E-state index in [-0.39, 0.29) is 5.91 Å². The lowest BCUT2D eigenvalue weighted by atomic mass is 9.99. The van der Waals surface area contributed by atoms with Gasteiger partial charge in [-0.1, -0.05) is 13.0 Å². The number of carbonyl (C=O) groups is 1. The first-order valence-electron chi connectivity index (χ1n) is 9.06. The van der Waals surface area contributed by atoms with Crippen LogP contribution in [0.3, 0.4) is 0 Å². The van der Waals surface area contributed by atoms with E-state index in [0.717, 1.165) is 44.2 Å². The summed E-state index contributed by atoms with van der Waals surface area (Å²) in [7, 11) is 0. The topological polar surface area (TPSA) is 44.4 Å². The minimum atomic E-state index is 0.140. The Morgan fingerprint density at radius 3 is 2.87 bits per heavy atom. The molecular weight excluding hydrogens is 286 g/mol. The van der Waals surface area contributed by atoms with Gasteiger partial charge in [-0.2, -0.15) is 0 Å². The molecule has 0 radical (unpaired) electrons. The zero-order valence-corrected chi connectivity index (χ0v) is 14.2. The summed E-state index contributed by atoms with van der Waals surface area (Å²) in [6, 6.07) is 8.30. The van der Waals surface area contributed by atoms with E-state index in [1.807, 2.05) is 12.1 Å². The Kier molecular flexibility index (Phi) is 5.55. The van der Waals surface area contributed by atoms with Crippen LogP contribution in [0.5, 0.6) is 0 Å². The summed E-state index contributed by atoms with van der Waals surface area (Å²) in [6.07, 6.45) is 5.33. The second kappa shape index (κ2) is 7.82. The Morgan fingerprint density at radius 1 is 1.30 bits per heavy atom. The van der Waals surface area contributed by atoms with Crippen LogP contribution in [-0.4, -0.2) is 32.1 Å². The van der Waals surface area contributed by atoms with Crippen molar-refractivity contribution in [2.75, 3.05) is 36.4 Å². The number of nitrogens with zero attached hydrogens (tertiary/aromatic N) is 1. The highest BCUT2D eigenvalue weighted by Crippen LogP contribution is 2.25. The molecule has 1 aromatic rings. The molecule has 1 atom stereocenters. The predicted molar refractivity (Wildman–Crippen MR) is 95.9 cm³/mol. The van der Waals surface area contributed by atoms with Gasteiger partial charge in [0.1, 0.15) is 0 Å². The zero-order valence-electron chi connectivity index (χ0n) is 14.2. The first-order chi connectivity index (χ1) is 11.2. The number of benzene rings is 1. The molecule has 2 aliphatic rings. The van der Waals surface area contributed by atoms with Crippen LogP contribution >= 0.6 is 0 Å². The summed E-state index contributed by atoms with van der Waals surface area (Å²) >= 11 is 0. The lowest BCUT2D eigenvalue weighted by Crippen LogP contribution is -2.32. The highest BCUT2D eigenvalue weighted by molar-refractivity contribution is 5.91. The van der Waals surface area contributed by atoms with Gasteiger partial charge in [0, 0.05) is 30.9 Å². The molecule has 2 N–H and O–H groups in total. The molecule has 0 aliphatic carbocycles. The Labute approximate surface area is 139 Å². The number of hydrogen-bond donors (Lipinski definition) is 2. The van der Waals surface area contributed by atoms with Crippen LogP contribution in [0.2, 0.25) is 0 Å². The average Bonchev–Trinajstić information content (AvgIpc) is 3.07. The van der Waals surface area contributed by atoms with Gasteiger partial charge in [-0.15, -0.1) is 0 Å². The van der Waals surface area contributed by atoms with Gasteiger partial charge in [-0.3, -0.25) is 4.79 Å². The molecule has 23 heavy (non-hydrogen) atoms. The molecule has 0 bridgehead atoms. The van der Waals surface area contributed by atoms with Gasteiger partial charge >= 0.3 is 0 Å². The summed E-state index contributed by atoms with van der Waals surface area (Å²) in [6.45, 7) is 6.73. The van der Waals surface area contributed by atoms with Gasteiger partial charge in [0.2, 0.25) is 5.91 Å². The third-order valence-corrected chi connectivity index (χ3v) is 5.22. The molecule has 0 saturated carbocycles. The van der Waals surface area contributed by atoms with Crippen molar-refractivity contribution in [1.29, 1.82) is 0 Å². The van der Waals surface area contributed by atoms with Crippen molar-refractivity contribution < 1.29 is 4.79 Å². The fourth-order valence-corrected chi connectivity index (χ4v) is 3.57. The van der Waals surface area contributed by atoms with E-state index >= 15 is 0 Å². The van der Waals surface area contributed by atoms with Crippen LogP contribution in [-0.2, 0) is 4.79 Å². The normalized spacial score (nSPS) is 22.3. The van der Waals surface area contributed by atoms with Crippen molar-refractivity contribution >= 4 is 17.3 Å². The van der Waals surface area contributed by atoms with Crippen molar-refractivity contribution in [3.05, 3.63) is 24.3 Å². The number of rotatable bonds is 5. The smallest absolute Gasteiger partial charge is 0.224 e. The summed E-state index contributed by atoms with van der Waals surface area (Å²) in [4.78, 5) is 14.6. The first kappa shape index (κ1) is 16.3. The molecule has 2 saturated heterocycles. The molecule has 2 fully saturated rings. The molecule has 0 spiro atoms. The zero-order chi connectivity index (χ0) is 16.1. The van der Waals surface area contributed by atoms with Crippen LogP contribution in [0.4, 0.5) is 11.4 Å². The van der Waals surface area contributed by atoms with Gasteiger partial charge in [-0.25, -0.2) is 0 Å². The van der Waals surface area contributed by atoms with Crippen LogP contribution in [0.1, 0.15) is 39.0 Å². The van der Waals surface area contributed by atoms with Crippen LogP contribution in [0, 0.1) is 11.8 Å². The van der Waals surface area contributed by atoms with Gasteiger partial charge in [0.15, 0.2) is 0 Å². The number of hydrogen-bond acceptors (Lipinski definition) is 3. The molecule has 2 aliphatic heterocycles. The van der Waals surface area contributed by atoms with Crippen LogP contribution in [0.15, 0.2) is 24.3 Å². The molecule has 4 nitrogen and oxygen atoms in total. The lowest BCUT2D eigenvalue weighted by molar-refractivity contribution is -0.116. The standard InChI is InChI=1S/C19H29N3O/c1-15-8-11-22(12-9-15)18-4-2-3-17(13-18)21-19(23)6-5-16-7-10-20-14-16/h2-4,13,15-16,20H,5-12,14H2,1H3,(H,21,23). The van der Waals surface area contributed by atoms with Crippen molar-refractivity contribution in [2.24, 2.45) is 11.8 Å². The van der Waals surface area contributed by atoms with E-state index in [2.05, 4.69) is 34.6 Å². The SMILES string of the molecule is CC1CCN(c2cccc(NC(=O)CCC3CCNC3)c2)CC1. The van der Waals surface area contributed by atoms with E-state index in [0.29, 0.717) is 12.3 Å². The van der Waals surface area contributed by atoms with Crippen LogP contribution in [0.25, 0.3) is 0 Å². The Hall–Kier alpha value is -1.55. The quantitative estimate of drug-likeness (QED) is 0.876. The number of amides is 1. The first-order valence-corrected chi connectivity index (χ1v) is 9.06. The summed E-state index contributed by atoms with van der Waals surface area (Å²) in [5, 5.41) is 6.42. The highest BCUT2D eigenvalue weighted by Gasteiger charge is 2.17. The van der Waals surface area contributed by atoms with Gasteiger partial charge in [0.25, 0.3) is 0 Å². The number of nitrogens with one attached hydrogen (secondary N) is 2. The molecule has 126 valence electrons. The highest BCUT2D eigenvalue weighted by atomic mass is 16.1. The molecule has 0 aromatic heterocycles. The summed E-state index contributed by atoms with van der Waals surface area (Å²) in [5.41, 5.74) is 2.16. The summed E-state index contributed by atoms with van der Waals surface area (Å²) < 4.78 is 0. The monoisotopic (exact) mass is 315 g/mol. The maximum Gasteiger partial charge on any atom is 0.224 e. The Morgan fingerprint density at radius 2 is 2.13 bits per heavy atom. The minimum absolute atomic E-state index is 0.140. The molecular formula is C19H29N3O. The minimum Gasteiger partial charge on any atom is -0.371 e.